The van der Waals surface area contributed by atoms with Crippen LogP contribution in [0.15, 0.2) is 65.6 Å². The third-order valence-corrected chi connectivity index (χ3v) is 5.58. The molecule has 7 heteroatoms. The molecule has 0 radical (unpaired) electrons. The van der Waals surface area contributed by atoms with Gasteiger partial charge >= 0.3 is 0 Å². The summed E-state index contributed by atoms with van der Waals surface area (Å²) in [7, 11) is -2.12. The van der Waals surface area contributed by atoms with Crippen LogP contribution in [0, 0.1) is 6.92 Å². The van der Waals surface area contributed by atoms with Crippen molar-refractivity contribution in [3.05, 3.63) is 71.8 Å². The van der Waals surface area contributed by atoms with E-state index < -0.39 is 10.0 Å². The monoisotopic (exact) mass is 368 g/mol. The van der Waals surface area contributed by atoms with Crippen LogP contribution in [0.3, 0.4) is 0 Å². The number of benzene rings is 2. The van der Waals surface area contributed by atoms with E-state index in [4.69, 9.17) is 0 Å². The van der Waals surface area contributed by atoms with Crippen LogP contribution in [0.5, 0.6) is 0 Å². The summed E-state index contributed by atoms with van der Waals surface area (Å²) in [5.74, 6) is 0.660. The number of aryl methyl sites for hydroxylation is 1. The van der Waals surface area contributed by atoms with Crippen molar-refractivity contribution in [3.63, 3.8) is 0 Å². The summed E-state index contributed by atoms with van der Waals surface area (Å²) in [4.78, 5) is 0.241. The van der Waals surface area contributed by atoms with Crippen LogP contribution >= 0.6 is 0 Å². The molecule has 0 bridgehead atoms. The Labute approximate surface area is 153 Å². The second kappa shape index (κ2) is 7.63. The zero-order valence-electron chi connectivity index (χ0n) is 14.6. The lowest BCUT2D eigenvalue weighted by atomic mass is 10.1. The van der Waals surface area contributed by atoms with Crippen molar-refractivity contribution in [3.8, 4) is 11.3 Å². The van der Waals surface area contributed by atoms with Gasteiger partial charge in [0.2, 0.25) is 10.0 Å². The Morgan fingerprint density at radius 1 is 0.962 bits per heavy atom. The fourth-order valence-corrected chi connectivity index (χ4v) is 3.52. The molecule has 0 aliphatic carbocycles. The fourth-order valence-electron chi connectivity index (χ4n) is 2.53. The van der Waals surface area contributed by atoms with Crippen LogP contribution in [-0.4, -0.2) is 25.7 Å². The topological polar surface area (TPSA) is 84.0 Å². The van der Waals surface area contributed by atoms with E-state index in [1.807, 2.05) is 48.5 Å². The van der Waals surface area contributed by atoms with Gasteiger partial charge in [0.1, 0.15) is 5.82 Å². The Kier molecular flexibility index (Phi) is 5.29. The van der Waals surface area contributed by atoms with Gasteiger partial charge in [0.25, 0.3) is 0 Å². The standard InChI is InChI=1S/C19H20N4O2S/c1-14-8-9-16(12-18(14)26(24,25)20-2)17-10-11-19(23-22-17)21-13-15-6-4-3-5-7-15/h3-12,20H,13H2,1-2H3,(H,21,23). The Balaban J connectivity index is 1.79. The molecule has 0 aliphatic rings. The smallest absolute Gasteiger partial charge is 0.240 e. The lowest BCUT2D eigenvalue weighted by Crippen LogP contribution is -2.19. The summed E-state index contributed by atoms with van der Waals surface area (Å²) in [6.07, 6.45) is 0. The number of hydrogen-bond donors (Lipinski definition) is 2. The van der Waals surface area contributed by atoms with Crippen molar-refractivity contribution in [2.75, 3.05) is 12.4 Å². The van der Waals surface area contributed by atoms with Gasteiger partial charge in [0.05, 0.1) is 10.6 Å². The largest absolute Gasteiger partial charge is 0.365 e. The number of anilines is 1. The zero-order chi connectivity index (χ0) is 18.6. The maximum absolute atomic E-state index is 12.1. The molecule has 0 fully saturated rings. The van der Waals surface area contributed by atoms with Crippen LogP contribution in [0.25, 0.3) is 11.3 Å². The highest BCUT2D eigenvalue weighted by molar-refractivity contribution is 7.89. The van der Waals surface area contributed by atoms with E-state index in [9.17, 15) is 8.42 Å². The molecule has 3 aromatic rings. The van der Waals surface area contributed by atoms with E-state index in [1.165, 1.54) is 7.05 Å². The number of nitrogens with one attached hydrogen (secondary N) is 2. The van der Waals surface area contributed by atoms with E-state index in [2.05, 4.69) is 20.2 Å². The number of aromatic nitrogens is 2. The molecule has 2 N–H and O–H groups in total. The van der Waals surface area contributed by atoms with E-state index in [1.54, 1.807) is 19.1 Å². The maximum atomic E-state index is 12.1. The van der Waals surface area contributed by atoms with Crippen LogP contribution in [0.1, 0.15) is 11.1 Å². The lowest BCUT2D eigenvalue weighted by molar-refractivity contribution is 0.587. The quantitative estimate of drug-likeness (QED) is 0.699. The minimum absolute atomic E-state index is 0.241. The van der Waals surface area contributed by atoms with Crippen molar-refractivity contribution in [2.45, 2.75) is 18.4 Å². The first-order chi connectivity index (χ1) is 12.5. The van der Waals surface area contributed by atoms with E-state index in [0.29, 0.717) is 29.2 Å². The highest BCUT2D eigenvalue weighted by atomic mass is 32.2. The van der Waals surface area contributed by atoms with Crippen molar-refractivity contribution in [1.29, 1.82) is 0 Å². The molecule has 0 amide bonds. The van der Waals surface area contributed by atoms with Gasteiger partial charge in [-0.15, -0.1) is 10.2 Å². The molecular formula is C19H20N4O2S. The van der Waals surface area contributed by atoms with Gasteiger partial charge in [-0.3, -0.25) is 0 Å². The molecule has 0 spiro atoms. The van der Waals surface area contributed by atoms with E-state index >= 15 is 0 Å². The second-order valence-electron chi connectivity index (χ2n) is 5.83. The average Bonchev–Trinajstić information content (AvgIpc) is 2.68. The Bertz CT molecular complexity index is 988. The van der Waals surface area contributed by atoms with Crippen molar-refractivity contribution >= 4 is 15.8 Å². The fraction of sp³-hybridized carbons (Fsp3) is 0.158. The van der Waals surface area contributed by atoms with Gasteiger partial charge in [0.15, 0.2) is 0 Å². The van der Waals surface area contributed by atoms with Gasteiger partial charge in [-0.05, 0) is 43.3 Å². The first-order valence-corrected chi connectivity index (χ1v) is 9.64. The molecule has 0 saturated carbocycles. The summed E-state index contributed by atoms with van der Waals surface area (Å²) in [5, 5.41) is 11.6. The lowest BCUT2D eigenvalue weighted by Gasteiger charge is -2.09. The van der Waals surface area contributed by atoms with Crippen LogP contribution in [0.2, 0.25) is 0 Å². The van der Waals surface area contributed by atoms with E-state index in [-0.39, 0.29) is 4.90 Å². The predicted molar refractivity (Wildman–Crippen MR) is 102 cm³/mol. The molecule has 3 rings (SSSR count). The second-order valence-corrected chi connectivity index (χ2v) is 7.69. The van der Waals surface area contributed by atoms with Gasteiger partial charge in [-0.25, -0.2) is 13.1 Å². The highest BCUT2D eigenvalue weighted by Gasteiger charge is 2.16. The number of rotatable bonds is 6. The first kappa shape index (κ1) is 18.0. The summed E-state index contributed by atoms with van der Waals surface area (Å²) in [6, 6.07) is 18.9. The zero-order valence-corrected chi connectivity index (χ0v) is 15.4. The Morgan fingerprint density at radius 3 is 2.38 bits per heavy atom. The van der Waals surface area contributed by atoms with Gasteiger partial charge in [-0.2, -0.15) is 0 Å². The molecular weight excluding hydrogens is 348 g/mol. The molecule has 0 unspecified atom stereocenters. The third-order valence-electron chi connectivity index (χ3n) is 4.02. The van der Waals surface area contributed by atoms with Crippen molar-refractivity contribution in [1.82, 2.24) is 14.9 Å². The molecule has 0 atom stereocenters. The van der Waals surface area contributed by atoms with E-state index in [0.717, 1.165) is 5.56 Å². The summed E-state index contributed by atoms with van der Waals surface area (Å²) >= 11 is 0. The SMILES string of the molecule is CNS(=O)(=O)c1cc(-c2ccc(NCc3ccccc3)nn2)ccc1C. The van der Waals surface area contributed by atoms with Crippen molar-refractivity contribution in [2.24, 2.45) is 0 Å². The Hall–Kier alpha value is -2.77. The van der Waals surface area contributed by atoms with Gasteiger partial charge < -0.3 is 5.32 Å². The first-order valence-electron chi connectivity index (χ1n) is 8.16. The normalized spacial score (nSPS) is 11.3. The minimum Gasteiger partial charge on any atom is -0.365 e. The molecule has 0 aliphatic heterocycles. The molecule has 6 nitrogen and oxygen atoms in total. The number of sulfonamides is 1. The Morgan fingerprint density at radius 2 is 1.73 bits per heavy atom. The highest BCUT2D eigenvalue weighted by Crippen LogP contribution is 2.23. The van der Waals surface area contributed by atoms with Crippen molar-refractivity contribution < 1.29 is 8.42 Å². The molecule has 2 aromatic carbocycles. The molecule has 1 aromatic heterocycles. The third kappa shape index (κ3) is 4.07. The van der Waals surface area contributed by atoms with Crippen LogP contribution in [-0.2, 0) is 16.6 Å². The summed E-state index contributed by atoms with van der Waals surface area (Å²) in [5.41, 5.74) is 3.14. The molecule has 0 saturated heterocycles. The molecule has 1 heterocycles. The minimum atomic E-state index is -3.52. The summed E-state index contributed by atoms with van der Waals surface area (Å²) < 4.78 is 26.6. The number of nitrogens with zero attached hydrogens (tertiary/aromatic N) is 2. The summed E-state index contributed by atoms with van der Waals surface area (Å²) in [6.45, 7) is 2.42. The van der Waals surface area contributed by atoms with Gasteiger partial charge in [-0.1, -0.05) is 42.5 Å². The predicted octanol–water partition coefficient (Wildman–Crippen LogP) is 2.97. The molecule has 26 heavy (non-hydrogen) atoms. The molecule has 134 valence electrons. The van der Waals surface area contributed by atoms with Gasteiger partial charge in [0, 0.05) is 12.1 Å². The average molecular weight is 368 g/mol. The maximum Gasteiger partial charge on any atom is 0.240 e. The number of hydrogen-bond acceptors (Lipinski definition) is 5. The van der Waals surface area contributed by atoms with Crippen LogP contribution in [0.4, 0.5) is 5.82 Å². The van der Waals surface area contributed by atoms with Crippen LogP contribution < -0.4 is 10.0 Å².